The quantitative estimate of drug-likeness (QED) is 0.657. The van der Waals surface area contributed by atoms with Crippen LogP contribution in [-0.4, -0.2) is 29.8 Å². The highest BCUT2D eigenvalue weighted by Crippen LogP contribution is 2.24. The SMILES string of the molecule is O=C(Nc1ccc(-c2cccc(F)c2)cc1)[C@H]1CCCN(C(=O)c2cccs2)C1. The summed E-state index contributed by atoms with van der Waals surface area (Å²) in [5, 5.41) is 4.83. The topological polar surface area (TPSA) is 49.4 Å². The van der Waals surface area contributed by atoms with Crippen LogP contribution in [0.25, 0.3) is 11.1 Å². The van der Waals surface area contributed by atoms with E-state index in [-0.39, 0.29) is 23.5 Å². The molecule has 4 rings (SSSR count). The summed E-state index contributed by atoms with van der Waals surface area (Å²) in [5.41, 5.74) is 2.36. The first kappa shape index (κ1) is 19.3. The molecule has 1 fully saturated rings. The number of rotatable bonds is 4. The molecule has 2 amide bonds. The van der Waals surface area contributed by atoms with Gasteiger partial charge in [0.25, 0.3) is 5.91 Å². The maximum Gasteiger partial charge on any atom is 0.263 e. The molecular formula is C23H21FN2O2S. The van der Waals surface area contributed by atoms with Gasteiger partial charge in [-0.1, -0.05) is 30.3 Å². The molecule has 1 N–H and O–H groups in total. The number of hydrogen-bond acceptors (Lipinski definition) is 3. The maximum absolute atomic E-state index is 13.4. The van der Waals surface area contributed by atoms with Crippen LogP contribution in [0.2, 0.25) is 0 Å². The lowest BCUT2D eigenvalue weighted by Gasteiger charge is -2.31. The Labute approximate surface area is 173 Å². The van der Waals surface area contributed by atoms with Gasteiger partial charge in [-0.05, 0) is 59.7 Å². The molecule has 1 aromatic heterocycles. The van der Waals surface area contributed by atoms with E-state index in [0.717, 1.165) is 24.0 Å². The first-order chi connectivity index (χ1) is 14.1. The summed E-state index contributed by atoms with van der Waals surface area (Å²) in [6, 6.07) is 17.4. The van der Waals surface area contributed by atoms with Crippen molar-refractivity contribution in [2.24, 2.45) is 5.92 Å². The van der Waals surface area contributed by atoms with E-state index in [1.165, 1.54) is 23.5 Å². The predicted octanol–water partition coefficient (Wildman–Crippen LogP) is 5.05. The van der Waals surface area contributed by atoms with E-state index in [1.54, 1.807) is 11.0 Å². The maximum atomic E-state index is 13.4. The van der Waals surface area contributed by atoms with E-state index in [9.17, 15) is 14.0 Å². The first-order valence-electron chi connectivity index (χ1n) is 9.60. The van der Waals surface area contributed by atoms with Gasteiger partial charge in [0.1, 0.15) is 5.82 Å². The zero-order chi connectivity index (χ0) is 20.2. The first-order valence-corrected chi connectivity index (χ1v) is 10.5. The van der Waals surface area contributed by atoms with Crippen LogP contribution in [0.15, 0.2) is 66.0 Å². The molecule has 1 aliphatic heterocycles. The Balaban J connectivity index is 1.39. The normalized spacial score (nSPS) is 16.4. The zero-order valence-electron chi connectivity index (χ0n) is 15.8. The molecular weight excluding hydrogens is 387 g/mol. The molecule has 148 valence electrons. The van der Waals surface area contributed by atoms with Gasteiger partial charge in [-0.15, -0.1) is 11.3 Å². The Morgan fingerprint density at radius 1 is 1.03 bits per heavy atom. The van der Waals surface area contributed by atoms with Gasteiger partial charge in [-0.2, -0.15) is 0 Å². The third kappa shape index (κ3) is 4.54. The monoisotopic (exact) mass is 408 g/mol. The Morgan fingerprint density at radius 3 is 2.59 bits per heavy atom. The predicted molar refractivity (Wildman–Crippen MR) is 113 cm³/mol. The summed E-state index contributed by atoms with van der Waals surface area (Å²) in [7, 11) is 0. The van der Waals surface area contributed by atoms with Crippen LogP contribution in [-0.2, 0) is 4.79 Å². The fraction of sp³-hybridized carbons (Fsp3) is 0.217. The van der Waals surface area contributed by atoms with Gasteiger partial charge in [0.2, 0.25) is 5.91 Å². The molecule has 1 aliphatic rings. The van der Waals surface area contributed by atoms with Crippen LogP contribution in [0.3, 0.4) is 0 Å². The minimum atomic E-state index is -0.279. The Bertz CT molecular complexity index is 1000. The van der Waals surface area contributed by atoms with Gasteiger partial charge in [0.15, 0.2) is 0 Å². The second-order valence-electron chi connectivity index (χ2n) is 7.14. The van der Waals surface area contributed by atoms with Gasteiger partial charge in [0, 0.05) is 18.8 Å². The Morgan fingerprint density at radius 2 is 1.86 bits per heavy atom. The van der Waals surface area contributed by atoms with Crippen LogP contribution >= 0.6 is 11.3 Å². The highest BCUT2D eigenvalue weighted by atomic mass is 32.1. The van der Waals surface area contributed by atoms with E-state index < -0.39 is 0 Å². The molecule has 0 spiro atoms. The highest BCUT2D eigenvalue weighted by Gasteiger charge is 2.29. The van der Waals surface area contributed by atoms with Crippen molar-refractivity contribution in [3.05, 3.63) is 76.7 Å². The fourth-order valence-electron chi connectivity index (χ4n) is 3.59. The number of carbonyl (C=O) groups is 2. The van der Waals surface area contributed by atoms with E-state index in [0.29, 0.717) is 23.7 Å². The van der Waals surface area contributed by atoms with Crippen molar-refractivity contribution in [2.75, 3.05) is 18.4 Å². The number of halogens is 1. The number of likely N-dealkylation sites (tertiary alicyclic amines) is 1. The molecule has 29 heavy (non-hydrogen) atoms. The molecule has 0 aliphatic carbocycles. The second kappa shape index (κ2) is 8.57. The number of amides is 2. The minimum Gasteiger partial charge on any atom is -0.337 e. The van der Waals surface area contributed by atoms with E-state index in [1.807, 2.05) is 47.8 Å². The number of benzene rings is 2. The number of nitrogens with zero attached hydrogens (tertiary/aromatic N) is 1. The number of anilines is 1. The molecule has 0 saturated carbocycles. The van der Waals surface area contributed by atoms with Crippen molar-refractivity contribution in [1.82, 2.24) is 4.90 Å². The zero-order valence-corrected chi connectivity index (χ0v) is 16.6. The van der Waals surface area contributed by atoms with Gasteiger partial charge in [-0.3, -0.25) is 9.59 Å². The van der Waals surface area contributed by atoms with Crippen LogP contribution in [0.5, 0.6) is 0 Å². The van der Waals surface area contributed by atoms with Crippen LogP contribution in [0, 0.1) is 11.7 Å². The van der Waals surface area contributed by atoms with Crippen molar-refractivity contribution in [2.45, 2.75) is 12.8 Å². The smallest absolute Gasteiger partial charge is 0.263 e. The third-order valence-electron chi connectivity index (χ3n) is 5.12. The molecule has 4 nitrogen and oxygen atoms in total. The van der Waals surface area contributed by atoms with Gasteiger partial charge in [-0.25, -0.2) is 4.39 Å². The molecule has 0 bridgehead atoms. The summed E-state index contributed by atoms with van der Waals surface area (Å²) in [5.74, 6) is -0.585. The van der Waals surface area contributed by atoms with Gasteiger partial charge >= 0.3 is 0 Å². The lowest BCUT2D eigenvalue weighted by molar-refractivity contribution is -0.121. The van der Waals surface area contributed by atoms with Crippen molar-refractivity contribution in [3.8, 4) is 11.1 Å². The van der Waals surface area contributed by atoms with Crippen molar-refractivity contribution >= 4 is 28.8 Å². The average Bonchev–Trinajstić information content (AvgIpc) is 3.29. The second-order valence-corrected chi connectivity index (χ2v) is 8.09. The van der Waals surface area contributed by atoms with Crippen molar-refractivity contribution < 1.29 is 14.0 Å². The largest absolute Gasteiger partial charge is 0.337 e. The summed E-state index contributed by atoms with van der Waals surface area (Å²) >= 11 is 1.42. The van der Waals surface area contributed by atoms with Crippen LogP contribution in [0.4, 0.5) is 10.1 Å². The van der Waals surface area contributed by atoms with Crippen LogP contribution in [0.1, 0.15) is 22.5 Å². The highest BCUT2D eigenvalue weighted by molar-refractivity contribution is 7.12. The van der Waals surface area contributed by atoms with Crippen molar-refractivity contribution in [1.29, 1.82) is 0 Å². The fourth-order valence-corrected chi connectivity index (χ4v) is 4.28. The number of hydrogen-bond donors (Lipinski definition) is 1. The number of thiophene rings is 1. The Kier molecular flexibility index (Phi) is 5.71. The standard InChI is InChI=1S/C23H21FN2O2S/c24-19-6-1-4-17(14-19)16-8-10-20(11-9-16)25-22(27)18-5-2-12-26(15-18)23(28)21-7-3-13-29-21/h1,3-4,6-11,13-14,18H,2,5,12,15H2,(H,25,27)/t18-/m0/s1. The molecule has 3 aromatic rings. The molecule has 2 heterocycles. The lowest BCUT2D eigenvalue weighted by Crippen LogP contribution is -2.43. The summed E-state index contributed by atoms with van der Waals surface area (Å²) in [6.07, 6.45) is 1.58. The van der Waals surface area contributed by atoms with Gasteiger partial charge in [0.05, 0.1) is 10.8 Å². The van der Waals surface area contributed by atoms with Crippen LogP contribution < -0.4 is 5.32 Å². The van der Waals surface area contributed by atoms with E-state index >= 15 is 0 Å². The summed E-state index contributed by atoms with van der Waals surface area (Å²) < 4.78 is 13.4. The molecule has 2 aromatic carbocycles. The molecule has 0 unspecified atom stereocenters. The lowest BCUT2D eigenvalue weighted by atomic mass is 9.96. The summed E-state index contributed by atoms with van der Waals surface area (Å²) in [6.45, 7) is 1.12. The van der Waals surface area contributed by atoms with E-state index in [4.69, 9.17) is 0 Å². The minimum absolute atomic E-state index is 0.00283. The number of nitrogens with one attached hydrogen (secondary N) is 1. The third-order valence-corrected chi connectivity index (χ3v) is 5.98. The number of piperidine rings is 1. The number of carbonyl (C=O) groups excluding carboxylic acids is 2. The molecule has 0 radical (unpaired) electrons. The average molecular weight is 408 g/mol. The summed E-state index contributed by atoms with van der Waals surface area (Å²) in [4.78, 5) is 27.8. The Hall–Kier alpha value is -2.99. The van der Waals surface area contributed by atoms with Crippen molar-refractivity contribution in [3.63, 3.8) is 0 Å². The molecule has 1 saturated heterocycles. The van der Waals surface area contributed by atoms with E-state index in [2.05, 4.69) is 5.32 Å². The van der Waals surface area contributed by atoms with Gasteiger partial charge < -0.3 is 10.2 Å². The molecule has 6 heteroatoms. The molecule has 1 atom stereocenters.